The van der Waals surface area contributed by atoms with Crippen LogP contribution in [0.3, 0.4) is 0 Å². The zero-order valence-corrected chi connectivity index (χ0v) is 17.1. The number of sulfonamides is 1. The molecule has 0 fully saturated rings. The lowest BCUT2D eigenvalue weighted by Gasteiger charge is -2.21. The second kappa shape index (κ2) is 8.67. The third-order valence-corrected chi connectivity index (χ3v) is 5.96. The van der Waals surface area contributed by atoms with Gasteiger partial charge in [-0.2, -0.15) is 4.72 Å². The summed E-state index contributed by atoms with van der Waals surface area (Å²) in [5, 5.41) is 0.860. The molecule has 0 saturated heterocycles. The van der Waals surface area contributed by atoms with E-state index in [0.717, 1.165) is 5.56 Å². The van der Waals surface area contributed by atoms with E-state index in [1.807, 2.05) is 0 Å². The van der Waals surface area contributed by atoms with Gasteiger partial charge < -0.3 is 14.2 Å². The Morgan fingerprint density at radius 2 is 1.93 bits per heavy atom. The summed E-state index contributed by atoms with van der Waals surface area (Å²) in [6.45, 7) is 1.71. The smallest absolute Gasteiger partial charge is 0.324 e. The summed E-state index contributed by atoms with van der Waals surface area (Å²) in [6, 6.07) is 7.84. The van der Waals surface area contributed by atoms with Crippen LogP contribution in [0.25, 0.3) is 0 Å². The van der Waals surface area contributed by atoms with Gasteiger partial charge in [-0.1, -0.05) is 23.2 Å². The molecule has 0 saturated carbocycles. The molecule has 10 heteroatoms. The molecular weight excluding hydrogens is 429 g/mol. The van der Waals surface area contributed by atoms with Gasteiger partial charge in [0.2, 0.25) is 10.0 Å². The fourth-order valence-electron chi connectivity index (χ4n) is 2.60. The SMILES string of the molecule is C[C@H](NS(=O)(=O)c1ccc(Cl)cc1)C(=O)OCc1cc(Cl)cc2c1OCOC2. The van der Waals surface area contributed by atoms with Crippen LogP contribution in [0.4, 0.5) is 0 Å². The quantitative estimate of drug-likeness (QED) is 0.685. The fourth-order valence-corrected chi connectivity index (χ4v) is 4.18. The molecule has 28 heavy (non-hydrogen) atoms. The van der Waals surface area contributed by atoms with Gasteiger partial charge in [-0.3, -0.25) is 4.79 Å². The fraction of sp³-hybridized carbons (Fsp3) is 0.278. The van der Waals surface area contributed by atoms with Crippen molar-refractivity contribution in [3.05, 3.63) is 57.6 Å². The number of carbonyl (C=O) groups excluding carboxylic acids is 1. The van der Waals surface area contributed by atoms with Crippen molar-refractivity contribution in [3.8, 4) is 5.75 Å². The summed E-state index contributed by atoms with van der Waals surface area (Å²) >= 11 is 11.8. The molecule has 0 aliphatic carbocycles. The number of nitrogens with one attached hydrogen (secondary N) is 1. The molecule has 150 valence electrons. The molecule has 0 radical (unpaired) electrons. The molecule has 0 unspecified atom stereocenters. The lowest BCUT2D eigenvalue weighted by atomic mass is 10.1. The van der Waals surface area contributed by atoms with Gasteiger partial charge in [-0.15, -0.1) is 0 Å². The van der Waals surface area contributed by atoms with Crippen LogP contribution in [0, 0.1) is 0 Å². The Labute approximate surface area is 172 Å². The minimum absolute atomic E-state index is 0.00568. The van der Waals surface area contributed by atoms with Crippen molar-refractivity contribution in [1.29, 1.82) is 0 Å². The molecule has 1 aliphatic rings. The van der Waals surface area contributed by atoms with Gasteiger partial charge in [0.1, 0.15) is 18.4 Å². The third kappa shape index (κ3) is 4.95. The van der Waals surface area contributed by atoms with E-state index in [2.05, 4.69) is 4.72 Å². The number of hydrogen-bond acceptors (Lipinski definition) is 6. The Bertz CT molecular complexity index is 978. The van der Waals surface area contributed by atoms with Gasteiger partial charge in [0.25, 0.3) is 0 Å². The Balaban J connectivity index is 1.65. The van der Waals surface area contributed by atoms with Crippen LogP contribution in [0.15, 0.2) is 41.3 Å². The number of ether oxygens (including phenoxy) is 3. The summed E-state index contributed by atoms with van der Waals surface area (Å²) in [5.74, 6) is -0.184. The van der Waals surface area contributed by atoms with E-state index < -0.39 is 22.0 Å². The van der Waals surface area contributed by atoms with Crippen molar-refractivity contribution in [1.82, 2.24) is 4.72 Å². The van der Waals surface area contributed by atoms with Crippen LogP contribution in [0.2, 0.25) is 10.0 Å². The molecule has 1 heterocycles. The second-order valence-electron chi connectivity index (χ2n) is 6.07. The predicted octanol–water partition coefficient (Wildman–Crippen LogP) is 3.27. The first-order valence-corrected chi connectivity index (χ1v) is 10.5. The number of hydrogen-bond donors (Lipinski definition) is 1. The van der Waals surface area contributed by atoms with Gasteiger partial charge in [-0.05, 0) is 43.3 Å². The Morgan fingerprint density at radius 3 is 2.64 bits per heavy atom. The number of rotatable bonds is 6. The molecule has 3 rings (SSSR count). The molecule has 1 N–H and O–H groups in total. The van der Waals surface area contributed by atoms with Gasteiger partial charge in [0, 0.05) is 21.2 Å². The predicted molar refractivity (Wildman–Crippen MR) is 103 cm³/mol. The molecule has 0 aromatic heterocycles. The second-order valence-corrected chi connectivity index (χ2v) is 8.66. The molecule has 7 nitrogen and oxygen atoms in total. The van der Waals surface area contributed by atoms with Crippen LogP contribution < -0.4 is 9.46 Å². The van der Waals surface area contributed by atoms with Crippen LogP contribution in [0.5, 0.6) is 5.75 Å². The lowest BCUT2D eigenvalue weighted by molar-refractivity contribution is -0.146. The van der Waals surface area contributed by atoms with Gasteiger partial charge in [-0.25, -0.2) is 8.42 Å². The van der Waals surface area contributed by atoms with E-state index in [9.17, 15) is 13.2 Å². The minimum atomic E-state index is -3.90. The number of fused-ring (bicyclic) bond motifs is 1. The van der Waals surface area contributed by atoms with Crippen molar-refractivity contribution >= 4 is 39.2 Å². The Morgan fingerprint density at radius 1 is 1.21 bits per heavy atom. The van der Waals surface area contributed by atoms with Crippen molar-refractivity contribution in [3.63, 3.8) is 0 Å². The van der Waals surface area contributed by atoms with Crippen molar-refractivity contribution in [2.45, 2.75) is 31.1 Å². The minimum Gasteiger partial charge on any atom is -0.467 e. The van der Waals surface area contributed by atoms with Crippen molar-refractivity contribution in [2.75, 3.05) is 6.79 Å². The molecule has 0 spiro atoms. The van der Waals surface area contributed by atoms with E-state index in [-0.39, 0.29) is 18.3 Å². The van der Waals surface area contributed by atoms with E-state index in [1.54, 1.807) is 12.1 Å². The summed E-state index contributed by atoms with van der Waals surface area (Å²) in [4.78, 5) is 12.3. The zero-order valence-electron chi connectivity index (χ0n) is 14.8. The first-order valence-electron chi connectivity index (χ1n) is 8.22. The maximum absolute atomic E-state index is 12.4. The number of carbonyl (C=O) groups is 1. The van der Waals surface area contributed by atoms with Gasteiger partial charge in [0.15, 0.2) is 6.79 Å². The summed E-state index contributed by atoms with van der Waals surface area (Å²) in [5.41, 5.74) is 1.33. The first-order chi connectivity index (χ1) is 13.3. The summed E-state index contributed by atoms with van der Waals surface area (Å²) < 4.78 is 42.9. The summed E-state index contributed by atoms with van der Waals surface area (Å²) in [6.07, 6.45) is 0. The molecule has 1 aliphatic heterocycles. The highest BCUT2D eigenvalue weighted by molar-refractivity contribution is 7.89. The molecule has 1 atom stereocenters. The number of benzene rings is 2. The van der Waals surface area contributed by atoms with E-state index >= 15 is 0 Å². The lowest BCUT2D eigenvalue weighted by Crippen LogP contribution is -2.39. The molecular formula is C18H17Cl2NO6S. The molecule has 0 amide bonds. The Hall–Kier alpha value is -1.84. The van der Waals surface area contributed by atoms with Crippen LogP contribution in [0.1, 0.15) is 18.1 Å². The van der Waals surface area contributed by atoms with Crippen LogP contribution in [-0.2, 0) is 37.5 Å². The van der Waals surface area contributed by atoms with E-state index in [4.69, 9.17) is 37.4 Å². The standard InChI is InChI=1S/C18H17Cl2NO6S/c1-11(21-28(23,24)16-4-2-14(19)3-5-16)18(22)26-9-13-7-15(20)6-12-8-25-10-27-17(12)13/h2-7,11,21H,8-10H2,1H3/t11-/m0/s1. The third-order valence-electron chi connectivity index (χ3n) is 3.93. The zero-order chi connectivity index (χ0) is 20.3. The largest absolute Gasteiger partial charge is 0.467 e. The number of esters is 1. The first kappa shape index (κ1) is 20.9. The molecule has 2 aromatic rings. The number of halogens is 2. The maximum Gasteiger partial charge on any atom is 0.324 e. The maximum atomic E-state index is 12.4. The van der Waals surface area contributed by atoms with Crippen LogP contribution >= 0.6 is 23.2 Å². The average Bonchev–Trinajstić information content (AvgIpc) is 2.65. The van der Waals surface area contributed by atoms with E-state index in [0.29, 0.717) is 28.0 Å². The highest BCUT2D eigenvalue weighted by Crippen LogP contribution is 2.32. The molecule has 0 bridgehead atoms. The van der Waals surface area contributed by atoms with Gasteiger partial charge >= 0.3 is 5.97 Å². The van der Waals surface area contributed by atoms with Crippen molar-refractivity contribution in [2.24, 2.45) is 0 Å². The van der Waals surface area contributed by atoms with Crippen LogP contribution in [-0.4, -0.2) is 27.2 Å². The topological polar surface area (TPSA) is 90.9 Å². The summed E-state index contributed by atoms with van der Waals surface area (Å²) in [7, 11) is -3.90. The van der Waals surface area contributed by atoms with Crippen molar-refractivity contribution < 1.29 is 27.4 Å². The Kier molecular flexibility index (Phi) is 6.47. The normalized spacial score (nSPS) is 14.7. The molecule has 2 aromatic carbocycles. The van der Waals surface area contributed by atoms with E-state index in [1.165, 1.54) is 31.2 Å². The highest BCUT2D eigenvalue weighted by Gasteiger charge is 2.24. The highest BCUT2D eigenvalue weighted by atomic mass is 35.5. The van der Waals surface area contributed by atoms with Gasteiger partial charge in [0.05, 0.1) is 11.5 Å². The average molecular weight is 446 g/mol. The monoisotopic (exact) mass is 445 g/mol.